The molecule has 0 spiro atoms. The molecule has 0 saturated carbocycles. The Morgan fingerprint density at radius 2 is 1.39 bits per heavy atom. The molecule has 1 atom stereocenters. The lowest BCUT2D eigenvalue weighted by Crippen LogP contribution is -2.54. The van der Waals surface area contributed by atoms with Crippen LogP contribution in [0, 0.1) is 13.8 Å². The number of hydrogen-bond acceptors (Lipinski definition) is 4. The average molecular weight is 632 g/mol. The summed E-state index contributed by atoms with van der Waals surface area (Å²) in [5.74, 6) is -0.858. The van der Waals surface area contributed by atoms with Gasteiger partial charge in [0.15, 0.2) is 0 Å². The largest absolute Gasteiger partial charge is 0.352 e. The van der Waals surface area contributed by atoms with Crippen LogP contribution in [-0.2, 0) is 32.6 Å². The van der Waals surface area contributed by atoms with Crippen LogP contribution in [0.1, 0.15) is 36.1 Å². The van der Waals surface area contributed by atoms with Crippen molar-refractivity contribution < 1.29 is 18.0 Å². The minimum absolute atomic E-state index is 0.0503. The van der Waals surface area contributed by atoms with Crippen molar-refractivity contribution in [2.24, 2.45) is 0 Å². The zero-order valence-electron chi connectivity index (χ0n) is 25.4. The fourth-order valence-electron chi connectivity index (χ4n) is 4.84. The van der Waals surface area contributed by atoms with Gasteiger partial charge in [0.25, 0.3) is 10.0 Å². The van der Waals surface area contributed by atoms with Crippen molar-refractivity contribution >= 4 is 39.1 Å². The van der Waals surface area contributed by atoms with Gasteiger partial charge >= 0.3 is 0 Å². The molecule has 0 bridgehead atoms. The van der Waals surface area contributed by atoms with Gasteiger partial charge in [-0.1, -0.05) is 89.5 Å². The summed E-state index contributed by atoms with van der Waals surface area (Å²) in [6, 6.07) is 28.9. The number of rotatable bonds is 12. The number of halogens is 1. The number of sulfonamides is 1. The van der Waals surface area contributed by atoms with E-state index >= 15 is 0 Å². The van der Waals surface area contributed by atoms with Gasteiger partial charge in [-0.3, -0.25) is 13.9 Å². The summed E-state index contributed by atoms with van der Waals surface area (Å²) >= 11 is 6.29. The van der Waals surface area contributed by atoms with Crippen LogP contribution in [0.2, 0.25) is 5.02 Å². The summed E-state index contributed by atoms with van der Waals surface area (Å²) in [6.45, 7) is 7.03. The van der Waals surface area contributed by atoms with Crippen LogP contribution >= 0.6 is 11.6 Å². The molecule has 0 aliphatic rings. The molecular formula is C35H38ClN3O4S. The van der Waals surface area contributed by atoms with Crippen LogP contribution in [-0.4, -0.2) is 43.8 Å². The quantitative estimate of drug-likeness (QED) is 0.198. The van der Waals surface area contributed by atoms with E-state index in [4.69, 9.17) is 11.6 Å². The second kappa shape index (κ2) is 14.6. The van der Waals surface area contributed by atoms with E-state index in [1.54, 1.807) is 54.6 Å². The number of nitrogens with zero attached hydrogens (tertiary/aromatic N) is 2. The Hall–Kier alpha value is -4.14. The molecule has 0 heterocycles. The number of benzene rings is 4. The van der Waals surface area contributed by atoms with Crippen molar-refractivity contribution in [1.29, 1.82) is 0 Å². The van der Waals surface area contributed by atoms with Crippen molar-refractivity contribution in [3.05, 3.63) is 130 Å². The number of anilines is 1. The molecule has 0 unspecified atom stereocenters. The topological polar surface area (TPSA) is 86.8 Å². The van der Waals surface area contributed by atoms with Crippen molar-refractivity contribution in [2.45, 2.75) is 57.6 Å². The minimum atomic E-state index is -4.15. The van der Waals surface area contributed by atoms with E-state index in [1.165, 1.54) is 17.0 Å². The predicted molar refractivity (Wildman–Crippen MR) is 176 cm³/mol. The maximum Gasteiger partial charge on any atom is 0.264 e. The molecule has 0 aliphatic carbocycles. The number of nitrogens with one attached hydrogen (secondary N) is 1. The molecule has 4 aromatic carbocycles. The lowest BCUT2D eigenvalue weighted by atomic mass is 10.0. The monoisotopic (exact) mass is 631 g/mol. The first kappa shape index (κ1) is 32.8. The van der Waals surface area contributed by atoms with Gasteiger partial charge in [0.05, 0.1) is 10.6 Å². The highest BCUT2D eigenvalue weighted by molar-refractivity contribution is 7.92. The van der Waals surface area contributed by atoms with E-state index in [0.717, 1.165) is 21.0 Å². The molecule has 7 nitrogen and oxygen atoms in total. The molecule has 0 saturated heterocycles. The molecule has 9 heteroatoms. The number of amides is 2. The van der Waals surface area contributed by atoms with Gasteiger partial charge in [0.1, 0.15) is 12.6 Å². The van der Waals surface area contributed by atoms with Gasteiger partial charge in [-0.05, 0) is 75.2 Å². The van der Waals surface area contributed by atoms with Crippen LogP contribution in [0.3, 0.4) is 0 Å². The van der Waals surface area contributed by atoms with Crippen LogP contribution in [0.4, 0.5) is 5.69 Å². The van der Waals surface area contributed by atoms with E-state index < -0.39 is 28.5 Å². The fourth-order valence-corrected chi connectivity index (χ4v) is 6.47. The van der Waals surface area contributed by atoms with Gasteiger partial charge in [0, 0.05) is 24.0 Å². The molecule has 1 N–H and O–H groups in total. The highest BCUT2D eigenvalue weighted by Gasteiger charge is 2.34. The first-order valence-corrected chi connectivity index (χ1v) is 16.3. The molecule has 0 fully saturated rings. The van der Waals surface area contributed by atoms with Crippen LogP contribution < -0.4 is 9.62 Å². The molecule has 4 aromatic rings. The highest BCUT2D eigenvalue weighted by atomic mass is 35.5. The minimum Gasteiger partial charge on any atom is -0.352 e. The Morgan fingerprint density at radius 1 is 0.795 bits per heavy atom. The summed E-state index contributed by atoms with van der Waals surface area (Å²) < 4.78 is 29.3. The van der Waals surface area contributed by atoms with Crippen molar-refractivity contribution in [3.8, 4) is 0 Å². The first-order chi connectivity index (χ1) is 20.9. The predicted octanol–water partition coefficient (Wildman–Crippen LogP) is 6.32. The first-order valence-electron chi connectivity index (χ1n) is 14.5. The second-order valence-electron chi connectivity index (χ2n) is 11.2. The van der Waals surface area contributed by atoms with Crippen LogP contribution in [0.5, 0.6) is 0 Å². The maximum absolute atomic E-state index is 14.4. The Balaban J connectivity index is 1.80. The fraction of sp³-hybridized carbons (Fsp3) is 0.257. The highest BCUT2D eigenvalue weighted by Crippen LogP contribution is 2.26. The molecule has 0 aliphatic heterocycles. The second-order valence-corrected chi connectivity index (χ2v) is 13.5. The van der Waals surface area contributed by atoms with E-state index in [-0.39, 0.29) is 29.8 Å². The van der Waals surface area contributed by atoms with E-state index in [9.17, 15) is 18.0 Å². The third kappa shape index (κ3) is 8.49. The molecule has 4 rings (SSSR count). The Morgan fingerprint density at radius 3 is 1.98 bits per heavy atom. The summed E-state index contributed by atoms with van der Waals surface area (Å²) in [4.78, 5) is 29.7. The van der Waals surface area contributed by atoms with Crippen molar-refractivity contribution in [1.82, 2.24) is 10.2 Å². The molecule has 2 amide bonds. The van der Waals surface area contributed by atoms with E-state index in [0.29, 0.717) is 16.3 Å². The molecular weight excluding hydrogens is 594 g/mol. The third-order valence-corrected chi connectivity index (χ3v) is 9.18. The zero-order valence-corrected chi connectivity index (χ0v) is 27.0. The third-order valence-electron chi connectivity index (χ3n) is 7.15. The number of hydrogen-bond donors (Lipinski definition) is 1. The summed E-state index contributed by atoms with van der Waals surface area (Å²) in [5.41, 5.74) is 3.78. The summed E-state index contributed by atoms with van der Waals surface area (Å²) in [5, 5.41) is 3.45. The van der Waals surface area contributed by atoms with Gasteiger partial charge in [-0.15, -0.1) is 0 Å². The van der Waals surface area contributed by atoms with Gasteiger partial charge in [-0.25, -0.2) is 8.42 Å². The molecule has 0 aromatic heterocycles. The Labute approximate surface area is 265 Å². The lowest BCUT2D eigenvalue weighted by molar-refractivity contribution is -0.140. The van der Waals surface area contributed by atoms with Gasteiger partial charge < -0.3 is 10.2 Å². The Bertz CT molecular complexity index is 1680. The molecule has 0 radical (unpaired) electrons. The Kier molecular flexibility index (Phi) is 10.8. The average Bonchev–Trinajstić information content (AvgIpc) is 2.98. The van der Waals surface area contributed by atoms with Crippen LogP contribution in [0.15, 0.2) is 108 Å². The summed E-state index contributed by atoms with van der Waals surface area (Å²) in [6.07, 6.45) is 0.237. The van der Waals surface area contributed by atoms with Gasteiger partial charge in [0.2, 0.25) is 11.8 Å². The lowest BCUT2D eigenvalue weighted by Gasteiger charge is -2.34. The summed E-state index contributed by atoms with van der Waals surface area (Å²) in [7, 11) is -4.15. The SMILES string of the molecule is Cc1ccc(N(CC(=O)N(Cc2cccc(Cl)c2)[C@@H](Cc2ccccc2)C(=O)NC(C)C)S(=O)(=O)c2ccc(C)cc2)cc1. The maximum atomic E-state index is 14.4. The molecule has 230 valence electrons. The number of carbonyl (C=O) groups is 2. The normalized spacial score (nSPS) is 12.0. The molecule has 44 heavy (non-hydrogen) atoms. The number of aryl methyl sites for hydroxylation is 2. The van der Waals surface area contributed by atoms with E-state index in [2.05, 4.69) is 5.32 Å². The standard InChI is InChI=1S/C35H38ClN3O4S/c1-25(2)37-35(41)33(22-28-9-6-5-7-10-28)38(23-29-11-8-12-30(36)21-29)34(40)24-39(31-17-13-26(3)14-18-31)44(42,43)32-19-15-27(4)16-20-32/h5-21,25,33H,22-24H2,1-4H3,(H,37,41)/t33-/m0/s1. The zero-order chi connectivity index (χ0) is 31.9. The van der Waals surface area contributed by atoms with E-state index in [1.807, 2.05) is 64.1 Å². The van der Waals surface area contributed by atoms with Gasteiger partial charge in [-0.2, -0.15) is 0 Å². The van der Waals surface area contributed by atoms with Crippen molar-refractivity contribution in [3.63, 3.8) is 0 Å². The van der Waals surface area contributed by atoms with Crippen LogP contribution in [0.25, 0.3) is 0 Å². The number of carbonyl (C=O) groups excluding carboxylic acids is 2. The smallest absolute Gasteiger partial charge is 0.264 e. The van der Waals surface area contributed by atoms with Crippen molar-refractivity contribution in [2.75, 3.05) is 10.8 Å².